The van der Waals surface area contributed by atoms with Crippen molar-refractivity contribution in [2.45, 2.75) is 12.3 Å². The number of benzene rings is 2. The van der Waals surface area contributed by atoms with Gasteiger partial charge in [0, 0.05) is 11.1 Å². The lowest BCUT2D eigenvalue weighted by Gasteiger charge is -2.24. The van der Waals surface area contributed by atoms with E-state index >= 15 is 0 Å². The molecule has 0 aromatic heterocycles. The predicted molar refractivity (Wildman–Crippen MR) is 73.8 cm³/mol. The Morgan fingerprint density at radius 1 is 1.05 bits per heavy atom. The van der Waals surface area contributed by atoms with Crippen LogP contribution in [0.25, 0.3) is 0 Å². The van der Waals surface area contributed by atoms with Gasteiger partial charge in [-0.15, -0.1) is 0 Å². The zero-order valence-corrected chi connectivity index (χ0v) is 10.8. The van der Waals surface area contributed by atoms with E-state index in [1.54, 1.807) is 36.4 Å². The molecule has 4 heteroatoms. The van der Waals surface area contributed by atoms with E-state index in [2.05, 4.69) is 0 Å². The molecule has 1 heterocycles. The zero-order valence-electron chi connectivity index (χ0n) is 10.8. The molecule has 0 fully saturated rings. The van der Waals surface area contributed by atoms with Crippen LogP contribution in [-0.4, -0.2) is 27.6 Å². The topological polar surface area (TPSA) is 60.8 Å². The summed E-state index contributed by atoms with van der Waals surface area (Å²) in [5.74, 6) is -0.247. The SMILES string of the molecule is O=C1c2ccccc2[C@@H](O)N1C[C@@H](O)c1ccccc1. The average molecular weight is 269 g/mol. The molecule has 0 spiro atoms. The minimum absolute atomic E-state index is 0.0681. The quantitative estimate of drug-likeness (QED) is 0.894. The molecule has 1 aliphatic rings. The number of carbonyl (C=O) groups excluding carboxylic acids is 1. The molecule has 1 amide bonds. The van der Waals surface area contributed by atoms with E-state index in [4.69, 9.17) is 0 Å². The van der Waals surface area contributed by atoms with Gasteiger partial charge >= 0.3 is 0 Å². The van der Waals surface area contributed by atoms with Crippen molar-refractivity contribution in [1.29, 1.82) is 0 Å². The number of carbonyl (C=O) groups is 1. The van der Waals surface area contributed by atoms with Gasteiger partial charge in [-0.3, -0.25) is 4.79 Å². The lowest BCUT2D eigenvalue weighted by Crippen LogP contribution is -2.32. The fourth-order valence-corrected chi connectivity index (χ4v) is 2.50. The van der Waals surface area contributed by atoms with Gasteiger partial charge in [0.05, 0.1) is 12.6 Å². The molecule has 1 aliphatic heterocycles. The average Bonchev–Trinajstić information content (AvgIpc) is 2.74. The molecular weight excluding hydrogens is 254 g/mol. The molecule has 2 N–H and O–H groups in total. The number of hydrogen-bond donors (Lipinski definition) is 2. The van der Waals surface area contributed by atoms with Crippen LogP contribution >= 0.6 is 0 Å². The highest BCUT2D eigenvalue weighted by Gasteiger charge is 2.36. The summed E-state index contributed by atoms with van der Waals surface area (Å²) in [5, 5.41) is 20.4. The maximum atomic E-state index is 12.2. The monoisotopic (exact) mass is 269 g/mol. The second-order valence-corrected chi connectivity index (χ2v) is 4.84. The Balaban J connectivity index is 1.82. The molecule has 0 saturated heterocycles. The highest BCUT2D eigenvalue weighted by atomic mass is 16.3. The Kier molecular flexibility index (Phi) is 3.26. The van der Waals surface area contributed by atoms with E-state index < -0.39 is 12.3 Å². The van der Waals surface area contributed by atoms with Crippen LogP contribution in [0.5, 0.6) is 0 Å². The van der Waals surface area contributed by atoms with Crippen LogP contribution in [0.15, 0.2) is 54.6 Å². The maximum Gasteiger partial charge on any atom is 0.256 e. The number of amides is 1. The molecular formula is C16H15NO3. The number of hydrogen-bond acceptors (Lipinski definition) is 3. The third-order valence-electron chi connectivity index (χ3n) is 3.58. The first kappa shape index (κ1) is 12.8. The number of rotatable bonds is 3. The Morgan fingerprint density at radius 2 is 1.70 bits per heavy atom. The fourth-order valence-electron chi connectivity index (χ4n) is 2.50. The molecule has 2 atom stereocenters. The molecule has 0 aliphatic carbocycles. The lowest BCUT2D eigenvalue weighted by atomic mass is 10.1. The summed E-state index contributed by atoms with van der Waals surface area (Å²) in [6.45, 7) is 0.0681. The van der Waals surface area contributed by atoms with E-state index in [9.17, 15) is 15.0 Å². The summed E-state index contributed by atoms with van der Waals surface area (Å²) in [6.07, 6.45) is -1.80. The van der Waals surface area contributed by atoms with Gasteiger partial charge < -0.3 is 15.1 Å². The largest absolute Gasteiger partial charge is 0.387 e. The van der Waals surface area contributed by atoms with E-state index in [-0.39, 0.29) is 12.5 Å². The van der Waals surface area contributed by atoms with Gasteiger partial charge in [0.15, 0.2) is 6.23 Å². The predicted octanol–water partition coefficient (Wildman–Crippen LogP) is 1.87. The van der Waals surface area contributed by atoms with Gasteiger partial charge in [-0.1, -0.05) is 48.5 Å². The number of fused-ring (bicyclic) bond motifs is 1. The normalized spacial score (nSPS) is 19.0. The van der Waals surface area contributed by atoms with Crippen LogP contribution < -0.4 is 0 Å². The molecule has 3 rings (SSSR count). The second kappa shape index (κ2) is 5.07. The van der Waals surface area contributed by atoms with Gasteiger partial charge in [0.2, 0.25) is 0 Å². The summed E-state index contributed by atoms with van der Waals surface area (Å²) >= 11 is 0. The van der Waals surface area contributed by atoms with Crippen molar-refractivity contribution in [1.82, 2.24) is 4.90 Å². The smallest absolute Gasteiger partial charge is 0.256 e. The molecule has 0 radical (unpaired) electrons. The Labute approximate surface area is 116 Å². The number of aliphatic hydroxyl groups is 2. The van der Waals surface area contributed by atoms with Crippen molar-refractivity contribution in [3.8, 4) is 0 Å². The summed E-state index contributed by atoms with van der Waals surface area (Å²) in [6, 6.07) is 16.1. The molecule has 0 saturated carbocycles. The van der Waals surface area contributed by atoms with Gasteiger partial charge in [-0.25, -0.2) is 0 Å². The van der Waals surface area contributed by atoms with E-state index in [1.807, 2.05) is 18.2 Å². The van der Waals surface area contributed by atoms with Gasteiger partial charge in [-0.2, -0.15) is 0 Å². The van der Waals surface area contributed by atoms with Crippen molar-refractivity contribution in [2.24, 2.45) is 0 Å². The number of nitrogens with zero attached hydrogens (tertiary/aromatic N) is 1. The molecule has 4 nitrogen and oxygen atoms in total. The van der Waals surface area contributed by atoms with Gasteiger partial charge in [0.1, 0.15) is 0 Å². The molecule has 20 heavy (non-hydrogen) atoms. The second-order valence-electron chi connectivity index (χ2n) is 4.84. The van der Waals surface area contributed by atoms with Crippen LogP contribution in [0.3, 0.4) is 0 Å². The first-order chi connectivity index (χ1) is 9.68. The third-order valence-corrected chi connectivity index (χ3v) is 3.58. The van der Waals surface area contributed by atoms with E-state index in [1.165, 1.54) is 4.90 Å². The van der Waals surface area contributed by atoms with E-state index in [0.29, 0.717) is 11.1 Å². The van der Waals surface area contributed by atoms with Crippen molar-refractivity contribution in [2.75, 3.05) is 6.54 Å². The molecule has 0 bridgehead atoms. The van der Waals surface area contributed by atoms with Gasteiger partial charge in [0.25, 0.3) is 5.91 Å². The Hall–Kier alpha value is -2.17. The summed E-state index contributed by atoms with van der Waals surface area (Å²) < 4.78 is 0. The standard InChI is InChI=1S/C16H15NO3/c18-14(11-6-2-1-3-7-11)10-17-15(19)12-8-4-5-9-13(12)16(17)20/h1-9,14-15,18-19H,10H2/t14-,15-/m1/s1. The minimum Gasteiger partial charge on any atom is -0.387 e. The first-order valence-electron chi connectivity index (χ1n) is 6.49. The summed E-state index contributed by atoms with van der Waals surface area (Å²) in [7, 11) is 0. The summed E-state index contributed by atoms with van der Waals surface area (Å²) in [5.41, 5.74) is 1.82. The van der Waals surface area contributed by atoms with Gasteiger partial charge in [-0.05, 0) is 11.6 Å². The molecule has 102 valence electrons. The van der Waals surface area contributed by atoms with E-state index in [0.717, 1.165) is 5.56 Å². The highest BCUT2D eigenvalue weighted by Crippen LogP contribution is 2.32. The third kappa shape index (κ3) is 2.09. The van der Waals surface area contributed by atoms with Crippen molar-refractivity contribution < 1.29 is 15.0 Å². The molecule has 2 aromatic carbocycles. The highest BCUT2D eigenvalue weighted by molar-refractivity contribution is 5.98. The maximum absolute atomic E-state index is 12.2. The lowest BCUT2D eigenvalue weighted by molar-refractivity contribution is -0.00384. The van der Waals surface area contributed by atoms with Crippen LogP contribution in [0.2, 0.25) is 0 Å². The molecule has 2 aromatic rings. The summed E-state index contributed by atoms with van der Waals surface area (Å²) in [4.78, 5) is 13.5. The fraction of sp³-hybridized carbons (Fsp3) is 0.188. The van der Waals surface area contributed by atoms with Crippen molar-refractivity contribution in [3.63, 3.8) is 0 Å². The zero-order chi connectivity index (χ0) is 14.1. The molecule has 0 unspecified atom stereocenters. The Morgan fingerprint density at radius 3 is 2.40 bits per heavy atom. The minimum atomic E-state index is -0.989. The first-order valence-corrected chi connectivity index (χ1v) is 6.49. The number of β-amino-alcohol motifs (C(OH)–C–C–N with tert-alkyl or cyclic N) is 1. The number of aliphatic hydroxyl groups excluding tert-OH is 2. The van der Waals surface area contributed by atoms with Crippen molar-refractivity contribution >= 4 is 5.91 Å². The Bertz CT molecular complexity index is 627. The van der Waals surface area contributed by atoms with Crippen LogP contribution in [-0.2, 0) is 0 Å². The van der Waals surface area contributed by atoms with Crippen LogP contribution in [0.1, 0.15) is 33.8 Å². The van der Waals surface area contributed by atoms with Crippen LogP contribution in [0, 0.1) is 0 Å². The van der Waals surface area contributed by atoms with Crippen LogP contribution in [0.4, 0.5) is 0 Å². The van der Waals surface area contributed by atoms with Crippen molar-refractivity contribution in [3.05, 3.63) is 71.3 Å².